The molecule has 0 saturated carbocycles. The first-order chi connectivity index (χ1) is 10.2. The Labute approximate surface area is 133 Å². The summed E-state index contributed by atoms with van der Waals surface area (Å²) in [6.45, 7) is 4.38. The van der Waals surface area contributed by atoms with E-state index in [0.717, 1.165) is 22.8 Å². The highest BCUT2D eigenvalue weighted by Gasteiger charge is 2.17. The zero-order valence-corrected chi connectivity index (χ0v) is 13.6. The third kappa shape index (κ3) is 2.65. The molecule has 3 nitrogen and oxygen atoms in total. The summed E-state index contributed by atoms with van der Waals surface area (Å²) in [5.74, 6) is 2.29. The zero-order valence-electron chi connectivity index (χ0n) is 12.0. The second kappa shape index (κ2) is 6.08. The lowest BCUT2D eigenvalue weighted by Gasteiger charge is -2.14. The maximum atomic E-state index is 6.09. The quantitative estimate of drug-likeness (QED) is 0.585. The summed E-state index contributed by atoms with van der Waals surface area (Å²) in [4.78, 5) is 5.44. The highest BCUT2D eigenvalue weighted by molar-refractivity contribution is 7.15. The van der Waals surface area contributed by atoms with Crippen molar-refractivity contribution < 1.29 is 4.74 Å². The van der Waals surface area contributed by atoms with E-state index >= 15 is 0 Å². The minimum absolute atomic E-state index is 0.374. The van der Waals surface area contributed by atoms with E-state index in [1.807, 2.05) is 34.2 Å². The maximum Gasteiger partial charge on any atom is 0.243 e. The third-order valence-electron chi connectivity index (χ3n) is 3.72. The zero-order chi connectivity index (χ0) is 14.8. The SMILES string of the molecule is CCC(C)c1ccccc1Oc1nc2sccn2c1CCl. The molecule has 1 aromatic carbocycles. The summed E-state index contributed by atoms with van der Waals surface area (Å²) in [6, 6.07) is 8.14. The molecule has 0 saturated heterocycles. The first-order valence-corrected chi connectivity index (χ1v) is 8.43. The lowest BCUT2D eigenvalue weighted by Crippen LogP contribution is -1.97. The number of rotatable bonds is 5. The molecule has 0 N–H and O–H groups in total. The summed E-state index contributed by atoms with van der Waals surface area (Å²) in [6.07, 6.45) is 3.04. The number of imidazole rings is 1. The van der Waals surface area contributed by atoms with E-state index in [2.05, 4.69) is 24.9 Å². The summed E-state index contributed by atoms with van der Waals surface area (Å²) in [5, 5.41) is 2.00. The molecule has 0 aliphatic carbocycles. The molecule has 0 aliphatic heterocycles. The summed E-state index contributed by atoms with van der Waals surface area (Å²) < 4.78 is 8.07. The summed E-state index contributed by atoms with van der Waals surface area (Å²) >= 11 is 7.65. The molecule has 0 fully saturated rings. The van der Waals surface area contributed by atoms with Gasteiger partial charge in [-0.2, -0.15) is 4.98 Å². The smallest absolute Gasteiger partial charge is 0.243 e. The van der Waals surface area contributed by atoms with Gasteiger partial charge in [-0.25, -0.2) is 0 Å². The van der Waals surface area contributed by atoms with E-state index in [1.165, 1.54) is 5.56 Å². The average molecular weight is 321 g/mol. The molecule has 0 aliphatic rings. The predicted molar refractivity (Wildman–Crippen MR) is 87.8 cm³/mol. The molecule has 2 heterocycles. The fraction of sp³-hybridized carbons (Fsp3) is 0.312. The molecule has 0 spiro atoms. The molecule has 2 aromatic heterocycles. The Bertz CT molecular complexity index is 750. The van der Waals surface area contributed by atoms with Crippen LogP contribution in [0.1, 0.15) is 37.4 Å². The molecule has 0 radical (unpaired) electrons. The van der Waals surface area contributed by atoms with Crippen LogP contribution in [0.2, 0.25) is 0 Å². The van der Waals surface area contributed by atoms with Crippen LogP contribution >= 0.6 is 22.9 Å². The van der Waals surface area contributed by atoms with Gasteiger partial charge >= 0.3 is 0 Å². The Hall–Kier alpha value is -1.52. The molecule has 5 heteroatoms. The fourth-order valence-corrected chi connectivity index (χ4v) is 3.29. The minimum atomic E-state index is 0.374. The van der Waals surface area contributed by atoms with Crippen LogP contribution in [0.4, 0.5) is 0 Å². The lowest BCUT2D eigenvalue weighted by molar-refractivity contribution is 0.451. The number of hydrogen-bond acceptors (Lipinski definition) is 3. The van der Waals surface area contributed by atoms with Crippen LogP contribution in [-0.2, 0) is 5.88 Å². The molecule has 3 rings (SSSR count). The van der Waals surface area contributed by atoms with Crippen molar-refractivity contribution in [3.63, 3.8) is 0 Å². The normalized spacial score (nSPS) is 12.7. The second-order valence-corrected chi connectivity index (χ2v) is 6.14. The number of halogens is 1. The molecule has 0 bridgehead atoms. The van der Waals surface area contributed by atoms with E-state index in [9.17, 15) is 0 Å². The number of benzene rings is 1. The molecule has 110 valence electrons. The number of nitrogens with zero attached hydrogens (tertiary/aromatic N) is 2. The van der Waals surface area contributed by atoms with Crippen molar-refractivity contribution in [2.24, 2.45) is 0 Å². The molecule has 1 atom stereocenters. The second-order valence-electron chi connectivity index (χ2n) is 5.00. The van der Waals surface area contributed by atoms with Gasteiger partial charge in [-0.1, -0.05) is 32.0 Å². The van der Waals surface area contributed by atoms with Gasteiger partial charge in [0.25, 0.3) is 0 Å². The average Bonchev–Trinajstić information content (AvgIpc) is 3.07. The Morgan fingerprint density at radius 2 is 2.19 bits per heavy atom. The van der Waals surface area contributed by atoms with Gasteiger partial charge in [-0.15, -0.1) is 22.9 Å². The van der Waals surface area contributed by atoms with Crippen LogP contribution in [-0.4, -0.2) is 9.38 Å². The van der Waals surface area contributed by atoms with Crippen LogP contribution in [0.15, 0.2) is 35.8 Å². The number of para-hydroxylation sites is 1. The molecule has 21 heavy (non-hydrogen) atoms. The summed E-state index contributed by atoms with van der Waals surface area (Å²) in [7, 11) is 0. The molecule has 1 unspecified atom stereocenters. The van der Waals surface area contributed by atoms with Gasteiger partial charge in [0, 0.05) is 11.6 Å². The van der Waals surface area contributed by atoms with E-state index in [4.69, 9.17) is 16.3 Å². The van der Waals surface area contributed by atoms with Crippen LogP contribution in [0.25, 0.3) is 4.96 Å². The number of aromatic nitrogens is 2. The molecule has 3 aromatic rings. The van der Waals surface area contributed by atoms with E-state index in [0.29, 0.717) is 17.7 Å². The van der Waals surface area contributed by atoms with E-state index in [1.54, 1.807) is 11.3 Å². The van der Waals surface area contributed by atoms with Gasteiger partial charge in [0.15, 0.2) is 4.96 Å². The van der Waals surface area contributed by atoms with Gasteiger partial charge < -0.3 is 4.74 Å². The van der Waals surface area contributed by atoms with Crippen molar-refractivity contribution in [3.8, 4) is 11.6 Å². The van der Waals surface area contributed by atoms with Crippen molar-refractivity contribution in [3.05, 3.63) is 47.1 Å². The Kier molecular flexibility index (Phi) is 4.17. The largest absolute Gasteiger partial charge is 0.437 e. The Morgan fingerprint density at radius 1 is 1.38 bits per heavy atom. The van der Waals surface area contributed by atoms with Gasteiger partial charge in [0.05, 0.1) is 5.88 Å². The maximum absolute atomic E-state index is 6.09. The van der Waals surface area contributed by atoms with Crippen molar-refractivity contribution in [2.45, 2.75) is 32.1 Å². The van der Waals surface area contributed by atoms with Gasteiger partial charge in [0.1, 0.15) is 11.4 Å². The van der Waals surface area contributed by atoms with E-state index < -0.39 is 0 Å². The Morgan fingerprint density at radius 3 is 2.95 bits per heavy atom. The van der Waals surface area contributed by atoms with Crippen LogP contribution < -0.4 is 4.74 Å². The molecular formula is C16H17ClN2OS. The number of hydrogen-bond donors (Lipinski definition) is 0. The van der Waals surface area contributed by atoms with Crippen LogP contribution in [0.3, 0.4) is 0 Å². The van der Waals surface area contributed by atoms with Gasteiger partial charge in [-0.05, 0) is 24.0 Å². The number of ether oxygens (including phenoxy) is 1. The molecular weight excluding hydrogens is 304 g/mol. The van der Waals surface area contributed by atoms with E-state index in [-0.39, 0.29) is 0 Å². The van der Waals surface area contributed by atoms with Crippen LogP contribution in [0, 0.1) is 0 Å². The Balaban J connectivity index is 2.00. The topological polar surface area (TPSA) is 26.5 Å². The number of fused-ring (bicyclic) bond motifs is 1. The lowest BCUT2D eigenvalue weighted by atomic mass is 9.98. The summed E-state index contributed by atoms with van der Waals surface area (Å²) in [5.41, 5.74) is 2.10. The van der Waals surface area contributed by atoms with Crippen molar-refractivity contribution in [2.75, 3.05) is 0 Å². The standard InChI is InChI=1S/C16H17ClN2OS/c1-3-11(2)12-6-4-5-7-14(12)20-15-13(10-17)19-8-9-21-16(19)18-15/h4-9,11H,3,10H2,1-2H3. The first-order valence-electron chi connectivity index (χ1n) is 7.01. The van der Waals surface area contributed by atoms with Crippen molar-refractivity contribution in [1.29, 1.82) is 0 Å². The fourth-order valence-electron chi connectivity index (χ4n) is 2.32. The van der Waals surface area contributed by atoms with Crippen LogP contribution in [0.5, 0.6) is 11.6 Å². The third-order valence-corrected chi connectivity index (χ3v) is 4.73. The molecule has 0 amide bonds. The number of thiazole rings is 1. The predicted octanol–water partition coefficient (Wildman–Crippen LogP) is 5.44. The minimum Gasteiger partial charge on any atom is -0.437 e. The first kappa shape index (κ1) is 14.4. The number of alkyl halides is 1. The monoisotopic (exact) mass is 320 g/mol. The highest BCUT2D eigenvalue weighted by Crippen LogP contribution is 2.34. The van der Waals surface area contributed by atoms with Crippen molar-refractivity contribution >= 4 is 27.9 Å². The highest BCUT2D eigenvalue weighted by atomic mass is 35.5. The van der Waals surface area contributed by atoms with Gasteiger partial charge in [0.2, 0.25) is 5.88 Å². The van der Waals surface area contributed by atoms with Crippen molar-refractivity contribution in [1.82, 2.24) is 9.38 Å². The van der Waals surface area contributed by atoms with Gasteiger partial charge in [-0.3, -0.25) is 4.40 Å².